The second-order valence-electron chi connectivity index (χ2n) is 4.82. The van der Waals surface area contributed by atoms with Gasteiger partial charge in [-0.3, -0.25) is 0 Å². The SMILES string of the molecule is Fc1cc(Br)cnc1N1C2CCC1CC(Cl)C2. The van der Waals surface area contributed by atoms with Crippen LogP contribution in [0.25, 0.3) is 0 Å². The Kier molecular flexibility index (Phi) is 3.03. The Morgan fingerprint density at radius 3 is 2.59 bits per heavy atom. The van der Waals surface area contributed by atoms with Gasteiger partial charge in [-0.1, -0.05) is 0 Å². The van der Waals surface area contributed by atoms with Gasteiger partial charge >= 0.3 is 0 Å². The van der Waals surface area contributed by atoms with Crippen LogP contribution in [-0.2, 0) is 0 Å². The number of piperidine rings is 1. The molecule has 2 nitrogen and oxygen atoms in total. The van der Waals surface area contributed by atoms with Gasteiger partial charge in [0.25, 0.3) is 0 Å². The van der Waals surface area contributed by atoms with Crippen LogP contribution in [0.4, 0.5) is 10.2 Å². The van der Waals surface area contributed by atoms with E-state index in [1.807, 2.05) is 0 Å². The Balaban J connectivity index is 1.94. The van der Waals surface area contributed by atoms with E-state index in [-0.39, 0.29) is 11.2 Å². The van der Waals surface area contributed by atoms with E-state index in [4.69, 9.17) is 11.6 Å². The zero-order valence-electron chi connectivity index (χ0n) is 9.24. The lowest BCUT2D eigenvalue weighted by Gasteiger charge is -2.38. The molecule has 5 heteroatoms. The Labute approximate surface area is 113 Å². The van der Waals surface area contributed by atoms with E-state index < -0.39 is 0 Å². The van der Waals surface area contributed by atoms with Gasteiger partial charge in [-0.25, -0.2) is 9.37 Å². The summed E-state index contributed by atoms with van der Waals surface area (Å²) < 4.78 is 14.6. The quantitative estimate of drug-likeness (QED) is 0.733. The van der Waals surface area contributed by atoms with Crippen LogP contribution in [0.3, 0.4) is 0 Å². The number of pyridine rings is 1. The lowest BCUT2D eigenvalue weighted by molar-refractivity contribution is 0.460. The van der Waals surface area contributed by atoms with Crippen molar-refractivity contribution in [1.82, 2.24) is 4.98 Å². The third-order valence-electron chi connectivity index (χ3n) is 3.71. The van der Waals surface area contributed by atoms with E-state index in [1.165, 1.54) is 6.07 Å². The Hall–Kier alpha value is -0.350. The normalized spacial score (nSPS) is 31.9. The van der Waals surface area contributed by atoms with Crippen molar-refractivity contribution in [3.05, 3.63) is 22.6 Å². The van der Waals surface area contributed by atoms with Gasteiger partial charge in [-0.05, 0) is 47.7 Å². The molecule has 2 bridgehead atoms. The van der Waals surface area contributed by atoms with E-state index >= 15 is 0 Å². The first-order chi connectivity index (χ1) is 8.15. The maximum Gasteiger partial charge on any atom is 0.166 e. The molecule has 17 heavy (non-hydrogen) atoms. The predicted molar refractivity (Wildman–Crippen MR) is 70.1 cm³/mol. The summed E-state index contributed by atoms with van der Waals surface area (Å²) in [7, 11) is 0. The molecule has 92 valence electrons. The molecule has 2 fully saturated rings. The number of fused-ring (bicyclic) bond motifs is 2. The summed E-state index contributed by atoms with van der Waals surface area (Å²) in [5, 5.41) is 0.238. The van der Waals surface area contributed by atoms with Crippen molar-refractivity contribution in [3.63, 3.8) is 0 Å². The van der Waals surface area contributed by atoms with Crippen LogP contribution >= 0.6 is 27.5 Å². The molecule has 1 aromatic heterocycles. The third kappa shape index (κ3) is 2.06. The summed E-state index contributed by atoms with van der Waals surface area (Å²) in [5.41, 5.74) is 0. The van der Waals surface area contributed by atoms with E-state index in [1.54, 1.807) is 6.20 Å². The lowest BCUT2D eigenvalue weighted by Crippen LogP contribution is -2.44. The van der Waals surface area contributed by atoms with E-state index in [9.17, 15) is 4.39 Å². The molecule has 2 aliphatic rings. The standard InChI is InChI=1S/C12H13BrClFN2/c13-7-3-11(15)12(16-6-7)17-9-1-2-10(17)5-8(14)4-9/h3,6,8-10H,1-2,4-5H2. The van der Waals surface area contributed by atoms with Gasteiger partial charge in [-0.2, -0.15) is 0 Å². The van der Waals surface area contributed by atoms with Crippen LogP contribution in [0.15, 0.2) is 16.7 Å². The molecule has 2 unspecified atom stereocenters. The van der Waals surface area contributed by atoms with Crippen molar-refractivity contribution in [1.29, 1.82) is 0 Å². The zero-order chi connectivity index (χ0) is 12.0. The first kappa shape index (κ1) is 11.7. The molecule has 3 rings (SSSR count). The highest BCUT2D eigenvalue weighted by molar-refractivity contribution is 9.10. The molecule has 0 N–H and O–H groups in total. The molecule has 0 amide bonds. The highest BCUT2D eigenvalue weighted by Gasteiger charge is 2.41. The molecule has 0 radical (unpaired) electrons. The molecule has 1 aromatic rings. The minimum Gasteiger partial charge on any atom is -0.348 e. The predicted octanol–water partition coefficient (Wildman–Crippen LogP) is 3.72. The number of hydrogen-bond acceptors (Lipinski definition) is 2. The third-order valence-corrected chi connectivity index (χ3v) is 4.50. The van der Waals surface area contributed by atoms with E-state index in [2.05, 4.69) is 25.8 Å². The minimum atomic E-state index is -0.246. The highest BCUT2D eigenvalue weighted by Crippen LogP contribution is 2.41. The molecule has 0 saturated carbocycles. The summed E-state index contributed by atoms with van der Waals surface area (Å²) in [5.74, 6) is 0.244. The molecule has 0 spiro atoms. The van der Waals surface area contributed by atoms with Crippen molar-refractivity contribution < 1.29 is 4.39 Å². The maximum atomic E-state index is 13.9. The molecule has 3 heterocycles. The number of nitrogens with zero attached hydrogens (tertiary/aromatic N) is 2. The second kappa shape index (κ2) is 4.39. The van der Waals surface area contributed by atoms with Crippen molar-refractivity contribution >= 4 is 33.3 Å². The van der Waals surface area contributed by atoms with Crippen molar-refractivity contribution in [3.8, 4) is 0 Å². The molecule has 2 atom stereocenters. The second-order valence-corrected chi connectivity index (χ2v) is 6.35. The molecule has 0 aromatic carbocycles. The molecular weight excluding hydrogens is 307 g/mol. The van der Waals surface area contributed by atoms with Crippen LogP contribution in [0, 0.1) is 5.82 Å². The topological polar surface area (TPSA) is 16.1 Å². The molecule has 2 saturated heterocycles. The van der Waals surface area contributed by atoms with Crippen molar-refractivity contribution in [2.75, 3.05) is 4.90 Å². The van der Waals surface area contributed by atoms with Crippen LogP contribution in [0.5, 0.6) is 0 Å². The average Bonchev–Trinajstić information content (AvgIpc) is 2.53. The summed E-state index contributed by atoms with van der Waals surface area (Å²) in [6.45, 7) is 0. The van der Waals surface area contributed by atoms with Crippen molar-refractivity contribution in [2.24, 2.45) is 0 Å². The van der Waals surface area contributed by atoms with Gasteiger partial charge in [0.15, 0.2) is 11.6 Å². The number of anilines is 1. The molecule has 0 aliphatic carbocycles. The Morgan fingerprint density at radius 2 is 2.00 bits per heavy atom. The summed E-state index contributed by atoms with van der Waals surface area (Å²) in [4.78, 5) is 6.37. The lowest BCUT2D eigenvalue weighted by atomic mass is 10.0. The van der Waals surface area contributed by atoms with Crippen LogP contribution < -0.4 is 4.90 Å². The Bertz CT molecular complexity index is 429. The zero-order valence-corrected chi connectivity index (χ0v) is 11.6. The molecular formula is C12H13BrClFN2. The fraction of sp³-hybridized carbons (Fsp3) is 0.583. The smallest absolute Gasteiger partial charge is 0.166 e. The molecule has 2 aliphatic heterocycles. The highest BCUT2D eigenvalue weighted by atomic mass is 79.9. The summed E-state index contributed by atoms with van der Waals surface area (Å²) >= 11 is 9.45. The first-order valence-electron chi connectivity index (χ1n) is 5.88. The van der Waals surface area contributed by atoms with Gasteiger partial charge < -0.3 is 4.90 Å². The first-order valence-corrected chi connectivity index (χ1v) is 7.11. The van der Waals surface area contributed by atoms with Gasteiger partial charge in [0.2, 0.25) is 0 Å². The summed E-state index contributed by atoms with van der Waals surface area (Å²) in [6.07, 6.45) is 5.74. The maximum absolute atomic E-state index is 13.9. The monoisotopic (exact) mass is 318 g/mol. The van der Waals surface area contributed by atoms with E-state index in [0.717, 1.165) is 25.7 Å². The van der Waals surface area contributed by atoms with Gasteiger partial charge in [0.05, 0.1) is 0 Å². The number of rotatable bonds is 1. The van der Waals surface area contributed by atoms with Crippen LogP contribution in [0.1, 0.15) is 25.7 Å². The fourth-order valence-corrected chi connectivity index (χ4v) is 3.77. The van der Waals surface area contributed by atoms with Gasteiger partial charge in [0.1, 0.15) is 0 Å². The summed E-state index contributed by atoms with van der Waals surface area (Å²) in [6, 6.07) is 2.20. The number of halogens is 3. The number of hydrogen-bond donors (Lipinski definition) is 0. The van der Waals surface area contributed by atoms with E-state index in [0.29, 0.717) is 22.4 Å². The average molecular weight is 320 g/mol. The number of alkyl halides is 1. The van der Waals surface area contributed by atoms with Gasteiger partial charge in [0, 0.05) is 28.1 Å². The van der Waals surface area contributed by atoms with Crippen LogP contribution in [-0.4, -0.2) is 22.4 Å². The largest absolute Gasteiger partial charge is 0.348 e. The van der Waals surface area contributed by atoms with Gasteiger partial charge in [-0.15, -0.1) is 11.6 Å². The minimum absolute atomic E-state index is 0.238. The van der Waals surface area contributed by atoms with Crippen molar-refractivity contribution in [2.45, 2.75) is 43.1 Å². The number of aromatic nitrogens is 1. The van der Waals surface area contributed by atoms with Crippen LogP contribution in [0.2, 0.25) is 0 Å². The Morgan fingerprint density at radius 1 is 1.35 bits per heavy atom. The fourth-order valence-electron chi connectivity index (χ4n) is 3.05.